The van der Waals surface area contributed by atoms with Crippen LogP contribution in [0.5, 0.6) is 0 Å². The summed E-state index contributed by atoms with van der Waals surface area (Å²) in [5.74, 6) is -1.87. The Labute approximate surface area is 133 Å². The molecule has 0 aromatic heterocycles. The molecule has 7 heteroatoms. The van der Waals surface area contributed by atoms with Gasteiger partial charge in [-0.05, 0) is 26.0 Å². The van der Waals surface area contributed by atoms with E-state index in [4.69, 9.17) is 9.57 Å². The van der Waals surface area contributed by atoms with Crippen LogP contribution in [0.1, 0.15) is 34.6 Å². The van der Waals surface area contributed by atoms with Crippen molar-refractivity contribution in [3.8, 4) is 0 Å². The molecule has 0 unspecified atom stereocenters. The van der Waals surface area contributed by atoms with Crippen molar-refractivity contribution in [2.45, 2.75) is 19.4 Å². The van der Waals surface area contributed by atoms with E-state index in [0.717, 1.165) is 0 Å². The SMILES string of the molecule is CC(C)(C(=O)ON1C(=O)c2ccccc2C1=O)N1CCOCC1. The number of hydroxylamine groups is 2. The Bertz CT molecular complexity index is 629. The van der Waals surface area contributed by atoms with Gasteiger partial charge in [-0.1, -0.05) is 17.2 Å². The van der Waals surface area contributed by atoms with Crippen LogP contribution >= 0.6 is 0 Å². The predicted octanol–water partition coefficient (Wildman–Crippen LogP) is 0.852. The molecule has 0 radical (unpaired) electrons. The third-order valence-electron chi connectivity index (χ3n) is 4.23. The Morgan fingerprint density at radius 3 is 2.13 bits per heavy atom. The molecule has 0 bridgehead atoms. The van der Waals surface area contributed by atoms with E-state index in [-0.39, 0.29) is 11.1 Å². The third-order valence-corrected chi connectivity index (χ3v) is 4.23. The van der Waals surface area contributed by atoms with Gasteiger partial charge in [-0.25, -0.2) is 4.79 Å². The highest BCUT2D eigenvalue weighted by molar-refractivity contribution is 6.20. The van der Waals surface area contributed by atoms with Gasteiger partial charge >= 0.3 is 5.97 Å². The van der Waals surface area contributed by atoms with Crippen molar-refractivity contribution >= 4 is 17.8 Å². The largest absolute Gasteiger partial charge is 0.379 e. The summed E-state index contributed by atoms with van der Waals surface area (Å²) in [5, 5.41) is 0.551. The highest BCUT2D eigenvalue weighted by Gasteiger charge is 2.43. The van der Waals surface area contributed by atoms with Crippen molar-refractivity contribution in [2.75, 3.05) is 26.3 Å². The standard InChI is InChI=1S/C16H18N2O5/c1-16(2,17-7-9-22-10-8-17)15(21)23-18-13(19)11-5-3-4-6-12(11)14(18)20/h3-6H,7-10H2,1-2H3. The number of amides is 2. The monoisotopic (exact) mass is 318 g/mol. The molecule has 1 saturated heterocycles. The summed E-state index contributed by atoms with van der Waals surface area (Å²) in [6.45, 7) is 5.65. The molecule has 0 N–H and O–H groups in total. The number of nitrogens with zero attached hydrogens (tertiary/aromatic N) is 2. The summed E-state index contributed by atoms with van der Waals surface area (Å²) >= 11 is 0. The van der Waals surface area contributed by atoms with E-state index in [2.05, 4.69) is 0 Å². The lowest BCUT2D eigenvalue weighted by molar-refractivity contribution is -0.183. The minimum absolute atomic E-state index is 0.245. The smallest absolute Gasteiger partial charge is 0.352 e. The zero-order chi connectivity index (χ0) is 16.6. The van der Waals surface area contributed by atoms with Crippen molar-refractivity contribution < 1.29 is 24.0 Å². The van der Waals surface area contributed by atoms with E-state index in [1.54, 1.807) is 26.0 Å². The molecule has 7 nitrogen and oxygen atoms in total. The third kappa shape index (κ3) is 2.62. The van der Waals surface area contributed by atoms with Gasteiger partial charge in [0.05, 0.1) is 24.3 Å². The summed E-state index contributed by atoms with van der Waals surface area (Å²) < 4.78 is 5.27. The Kier molecular flexibility index (Phi) is 3.91. The number of hydrogen-bond acceptors (Lipinski definition) is 6. The van der Waals surface area contributed by atoms with Gasteiger partial charge in [0, 0.05) is 13.1 Å². The van der Waals surface area contributed by atoms with E-state index in [0.29, 0.717) is 31.4 Å². The van der Waals surface area contributed by atoms with Crippen LogP contribution in [0.4, 0.5) is 0 Å². The van der Waals surface area contributed by atoms with Crippen LogP contribution in [0.15, 0.2) is 24.3 Å². The number of fused-ring (bicyclic) bond motifs is 1. The molecule has 122 valence electrons. The van der Waals surface area contributed by atoms with Crippen molar-refractivity contribution in [3.05, 3.63) is 35.4 Å². The lowest BCUT2D eigenvalue weighted by Crippen LogP contribution is -2.56. The first-order valence-electron chi connectivity index (χ1n) is 7.46. The molecule has 0 saturated carbocycles. The topological polar surface area (TPSA) is 76.2 Å². The van der Waals surface area contributed by atoms with Crippen LogP contribution in [0.25, 0.3) is 0 Å². The molecule has 2 aliphatic rings. The molecule has 2 aliphatic heterocycles. The fourth-order valence-electron chi connectivity index (χ4n) is 2.70. The zero-order valence-electron chi connectivity index (χ0n) is 13.1. The number of carbonyl (C=O) groups is 3. The van der Waals surface area contributed by atoms with Gasteiger partial charge in [-0.2, -0.15) is 0 Å². The maximum atomic E-state index is 12.5. The second-order valence-corrected chi connectivity index (χ2v) is 5.99. The van der Waals surface area contributed by atoms with Gasteiger partial charge in [0.2, 0.25) is 0 Å². The quantitative estimate of drug-likeness (QED) is 0.769. The Hall–Kier alpha value is -2.25. The Morgan fingerprint density at radius 1 is 1.09 bits per heavy atom. The number of ether oxygens (including phenoxy) is 1. The van der Waals surface area contributed by atoms with Gasteiger partial charge in [0.25, 0.3) is 11.8 Å². The molecule has 0 atom stereocenters. The predicted molar refractivity (Wildman–Crippen MR) is 79.5 cm³/mol. The van der Waals surface area contributed by atoms with Crippen LogP contribution in [0, 0.1) is 0 Å². The average Bonchev–Trinajstić information content (AvgIpc) is 2.81. The maximum Gasteiger partial charge on any atom is 0.352 e. The van der Waals surface area contributed by atoms with Crippen LogP contribution in [0.3, 0.4) is 0 Å². The summed E-state index contributed by atoms with van der Waals surface area (Å²) in [6.07, 6.45) is 0. The zero-order valence-corrected chi connectivity index (χ0v) is 13.1. The van der Waals surface area contributed by atoms with E-state index in [1.165, 1.54) is 12.1 Å². The average molecular weight is 318 g/mol. The molecule has 0 spiro atoms. The summed E-state index contributed by atoms with van der Waals surface area (Å²) in [4.78, 5) is 44.1. The second-order valence-electron chi connectivity index (χ2n) is 5.99. The summed E-state index contributed by atoms with van der Waals surface area (Å²) in [5.41, 5.74) is -0.469. The summed E-state index contributed by atoms with van der Waals surface area (Å²) in [6, 6.07) is 6.40. The molecule has 1 aromatic carbocycles. The first-order chi connectivity index (χ1) is 10.9. The van der Waals surface area contributed by atoms with Gasteiger partial charge in [-0.15, -0.1) is 0 Å². The first-order valence-corrected chi connectivity index (χ1v) is 7.46. The normalized spacial score (nSPS) is 19.0. The van der Waals surface area contributed by atoms with Crippen LogP contribution in [-0.4, -0.2) is 59.6 Å². The lowest BCUT2D eigenvalue weighted by Gasteiger charge is -2.38. The van der Waals surface area contributed by atoms with Crippen molar-refractivity contribution in [2.24, 2.45) is 0 Å². The highest BCUT2D eigenvalue weighted by atomic mass is 16.7. The van der Waals surface area contributed by atoms with Crippen LogP contribution in [0.2, 0.25) is 0 Å². The van der Waals surface area contributed by atoms with Gasteiger partial charge in [-0.3, -0.25) is 14.5 Å². The van der Waals surface area contributed by atoms with Gasteiger partial charge in [0.1, 0.15) is 5.54 Å². The molecule has 23 heavy (non-hydrogen) atoms. The number of rotatable bonds is 3. The fourth-order valence-corrected chi connectivity index (χ4v) is 2.70. The van der Waals surface area contributed by atoms with E-state index in [1.807, 2.05) is 4.90 Å². The van der Waals surface area contributed by atoms with Crippen molar-refractivity contribution in [1.82, 2.24) is 9.96 Å². The number of benzene rings is 1. The molecule has 2 heterocycles. The lowest BCUT2D eigenvalue weighted by atomic mass is 10.0. The minimum Gasteiger partial charge on any atom is -0.379 e. The van der Waals surface area contributed by atoms with E-state index in [9.17, 15) is 14.4 Å². The Morgan fingerprint density at radius 2 is 1.61 bits per heavy atom. The molecule has 3 rings (SSSR count). The van der Waals surface area contributed by atoms with Gasteiger partial charge < -0.3 is 9.57 Å². The molecular weight excluding hydrogens is 300 g/mol. The number of hydrogen-bond donors (Lipinski definition) is 0. The summed E-state index contributed by atoms with van der Waals surface area (Å²) in [7, 11) is 0. The van der Waals surface area contributed by atoms with Crippen LogP contribution < -0.4 is 0 Å². The first kappa shape index (κ1) is 15.6. The number of morpholine rings is 1. The van der Waals surface area contributed by atoms with Crippen molar-refractivity contribution in [1.29, 1.82) is 0 Å². The van der Waals surface area contributed by atoms with Gasteiger partial charge in [0.15, 0.2) is 0 Å². The van der Waals surface area contributed by atoms with E-state index >= 15 is 0 Å². The molecule has 1 aromatic rings. The molecule has 0 aliphatic carbocycles. The maximum absolute atomic E-state index is 12.5. The number of imide groups is 1. The number of carbonyl (C=O) groups excluding carboxylic acids is 3. The molecule has 1 fully saturated rings. The fraction of sp³-hybridized carbons (Fsp3) is 0.438. The van der Waals surface area contributed by atoms with E-state index < -0.39 is 23.3 Å². The minimum atomic E-state index is -0.959. The second kappa shape index (κ2) is 5.75. The Balaban J connectivity index is 1.76. The molecule has 2 amide bonds. The highest BCUT2D eigenvalue weighted by Crippen LogP contribution is 2.25. The van der Waals surface area contributed by atoms with Crippen molar-refractivity contribution in [3.63, 3.8) is 0 Å². The molecular formula is C16H18N2O5. The van der Waals surface area contributed by atoms with Crippen LogP contribution in [-0.2, 0) is 14.4 Å².